The number of aliphatic hydroxyl groups is 1. The van der Waals surface area contributed by atoms with Crippen molar-refractivity contribution in [1.82, 2.24) is 9.97 Å². The molecule has 2 aromatic heterocycles. The van der Waals surface area contributed by atoms with E-state index in [0.717, 1.165) is 5.69 Å². The number of benzene rings is 2. The Balaban J connectivity index is 1.67. The first-order valence-electron chi connectivity index (χ1n) is 10.1. The molecule has 0 fully saturated rings. The van der Waals surface area contributed by atoms with Gasteiger partial charge in [-0.1, -0.05) is 18.2 Å². The lowest BCUT2D eigenvalue weighted by Gasteiger charge is -2.25. The molecule has 1 aliphatic heterocycles. The van der Waals surface area contributed by atoms with E-state index in [-0.39, 0.29) is 11.5 Å². The zero-order chi connectivity index (χ0) is 23.3. The summed E-state index contributed by atoms with van der Waals surface area (Å²) in [5, 5.41) is 12.6. The number of Topliss-reactive ketones (excluding diaryl/α,β-unsaturated/α-hetero) is 1. The van der Waals surface area contributed by atoms with E-state index in [1.807, 2.05) is 43.3 Å². The lowest BCUT2D eigenvalue weighted by Crippen LogP contribution is -2.32. The van der Waals surface area contributed by atoms with Crippen LogP contribution in [0.25, 0.3) is 11.0 Å². The number of rotatable bonds is 5. The van der Waals surface area contributed by atoms with E-state index in [1.165, 1.54) is 34.4 Å². The molecule has 2 N–H and O–H groups in total. The van der Waals surface area contributed by atoms with Crippen LogP contribution in [-0.2, 0) is 4.79 Å². The molecule has 2 aromatic carbocycles. The Morgan fingerprint density at radius 2 is 1.94 bits per heavy atom. The number of nitrogens with one attached hydrogen (secondary N) is 1. The van der Waals surface area contributed by atoms with Gasteiger partial charge in [0.2, 0.25) is 11.7 Å². The highest BCUT2D eigenvalue weighted by Gasteiger charge is 2.46. The van der Waals surface area contributed by atoms with Gasteiger partial charge in [0.1, 0.15) is 5.82 Å². The minimum atomic E-state index is -0.909. The Bertz CT molecular complexity index is 1410. The summed E-state index contributed by atoms with van der Waals surface area (Å²) in [4.78, 5) is 37.5. The summed E-state index contributed by atoms with van der Waals surface area (Å²) in [5.41, 5.74) is 2.40. The molecule has 33 heavy (non-hydrogen) atoms. The first-order chi connectivity index (χ1) is 15.8. The van der Waals surface area contributed by atoms with E-state index in [9.17, 15) is 19.1 Å². The molecule has 7 nitrogen and oxygen atoms in total. The van der Waals surface area contributed by atoms with Gasteiger partial charge in [0.25, 0.3) is 5.91 Å². The number of carbonyl (C=O) groups is 2. The number of imidazole rings is 1. The molecule has 1 amide bonds. The number of aromatic amines is 1. The van der Waals surface area contributed by atoms with Gasteiger partial charge in [-0.25, -0.2) is 9.37 Å². The summed E-state index contributed by atoms with van der Waals surface area (Å²) in [5.74, 6) is -2.14. The molecular weight excluding hydrogens is 443 g/mol. The average Bonchev–Trinajstić information content (AvgIpc) is 3.52. The number of carbonyl (C=O) groups excluding carboxylic acids is 2. The molecule has 166 valence electrons. The second-order valence-corrected chi connectivity index (χ2v) is 8.80. The van der Waals surface area contributed by atoms with E-state index >= 15 is 0 Å². The lowest BCUT2D eigenvalue weighted by molar-refractivity contribution is -0.117. The highest BCUT2D eigenvalue weighted by molar-refractivity contribution is 7.12. The van der Waals surface area contributed by atoms with Gasteiger partial charge in [-0.15, -0.1) is 11.3 Å². The van der Waals surface area contributed by atoms with Crippen molar-refractivity contribution < 1.29 is 19.1 Å². The van der Waals surface area contributed by atoms with Crippen LogP contribution in [0.15, 0.2) is 71.3 Å². The minimum Gasteiger partial charge on any atom is -0.503 e. The standard InChI is InChI=1S/C24H19FN4O3S/c1-28(2)15-8-5-13(6-9-15)20-19(21(30)18-4-3-11-33-18)22(31)23(32)29(20)24-26-16-10-7-14(25)12-17(16)27-24/h3-12,20,31H,1-2H3,(H,26,27). The number of ketones is 1. The Labute approximate surface area is 192 Å². The summed E-state index contributed by atoms with van der Waals surface area (Å²) in [6.07, 6.45) is 0. The van der Waals surface area contributed by atoms with Crippen molar-refractivity contribution >= 4 is 45.7 Å². The summed E-state index contributed by atoms with van der Waals surface area (Å²) in [6, 6.07) is 13.9. The van der Waals surface area contributed by atoms with Crippen molar-refractivity contribution in [1.29, 1.82) is 0 Å². The van der Waals surface area contributed by atoms with Gasteiger partial charge in [0, 0.05) is 19.8 Å². The zero-order valence-electron chi connectivity index (χ0n) is 17.7. The van der Waals surface area contributed by atoms with Crippen LogP contribution >= 0.6 is 11.3 Å². The molecule has 0 aliphatic carbocycles. The number of H-pyrrole nitrogens is 1. The van der Waals surface area contributed by atoms with E-state index in [2.05, 4.69) is 9.97 Å². The predicted molar refractivity (Wildman–Crippen MR) is 125 cm³/mol. The van der Waals surface area contributed by atoms with Gasteiger partial charge in [0.05, 0.1) is 27.5 Å². The third-order valence-corrected chi connectivity index (χ3v) is 6.45. The number of halogens is 1. The Kier molecular flexibility index (Phi) is 4.98. The first kappa shape index (κ1) is 20.9. The van der Waals surface area contributed by atoms with Crippen molar-refractivity contribution in [2.45, 2.75) is 6.04 Å². The van der Waals surface area contributed by atoms with E-state index < -0.39 is 29.3 Å². The van der Waals surface area contributed by atoms with Gasteiger partial charge < -0.3 is 15.0 Å². The number of fused-ring (bicyclic) bond motifs is 1. The fraction of sp³-hybridized carbons (Fsp3) is 0.125. The molecule has 3 heterocycles. The molecule has 0 saturated carbocycles. The molecule has 0 spiro atoms. The van der Waals surface area contributed by atoms with Crippen LogP contribution in [0.5, 0.6) is 0 Å². The van der Waals surface area contributed by atoms with Crippen LogP contribution in [0.1, 0.15) is 21.3 Å². The molecule has 5 rings (SSSR count). The molecule has 1 atom stereocenters. The van der Waals surface area contributed by atoms with Gasteiger partial charge in [-0.05, 0) is 47.3 Å². The fourth-order valence-corrected chi connectivity index (χ4v) is 4.63. The number of anilines is 2. The van der Waals surface area contributed by atoms with Gasteiger partial charge in [-0.2, -0.15) is 0 Å². The second kappa shape index (κ2) is 7.86. The maximum absolute atomic E-state index is 13.7. The summed E-state index contributed by atoms with van der Waals surface area (Å²) in [6.45, 7) is 0. The first-order valence-corrected chi connectivity index (χ1v) is 11.0. The van der Waals surface area contributed by atoms with Crippen molar-refractivity contribution in [2.24, 2.45) is 0 Å². The Hall–Kier alpha value is -3.98. The highest BCUT2D eigenvalue weighted by atomic mass is 32.1. The van der Waals surface area contributed by atoms with Gasteiger partial charge in [-0.3, -0.25) is 14.5 Å². The summed E-state index contributed by atoms with van der Waals surface area (Å²) >= 11 is 1.23. The molecule has 1 unspecified atom stereocenters. The van der Waals surface area contributed by atoms with Crippen LogP contribution in [-0.4, -0.2) is 40.9 Å². The lowest BCUT2D eigenvalue weighted by atomic mass is 9.95. The third-order valence-electron chi connectivity index (χ3n) is 5.58. The maximum Gasteiger partial charge on any atom is 0.296 e. The molecule has 0 saturated heterocycles. The monoisotopic (exact) mass is 462 g/mol. The number of aliphatic hydroxyl groups excluding tert-OH is 1. The van der Waals surface area contributed by atoms with E-state index in [4.69, 9.17) is 0 Å². The topological polar surface area (TPSA) is 89.5 Å². The number of aromatic nitrogens is 2. The number of nitrogens with zero attached hydrogens (tertiary/aromatic N) is 3. The summed E-state index contributed by atoms with van der Waals surface area (Å²) < 4.78 is 13.7. The molecule has 0 bridgehead atoms. The minimum absolute atomic E-state index is 0.0216. The maximum atomic E-state index is 13.7. The highest BCUT2D eigenvalue weighted by Crippen LogP contribution is 2.42. The average molecular weight is 463 g/mol. The fourth-order valence-electron chi connectivity index (χ4n) is 3.95. The molecule has 4 aromatic rings. The molecule has 9 heteroatoms. The molecular formula is C24H19FN4O3S. The number of amides is 1. The third kappa shape index (κ3) is 3.46. The van der Waals surface area contributed by atoms with Crippen LogP contribution in [0.4, 0.5) is 16.0 Å². The van der Waals surface area contributed by atoms with Crippen molar-refractivity contribution in [2.75, 3.05) is 23.9 Å². The van der Waals surface area contributed by atoms with Crippen molar-refractivity contribution in [3.63, 3.8) is 0 Å². The number of hydrogen-bond donors (Lipinski definition) is 2. The van der Waals surface area contributed by atoms with Crippen LogP contribution in [0.3, 0.4) is 0 Å². The number of thiophene rings is 1. The molecule has 1 aliphatic rings. The Morgan fingerprint density at radius 1 is 1.18 bits per heavy atom. The molecule has 0 radical (unpaired) electrons. The van der Waals surface area contributed by atoms with E-state index in [1.54, 1.807) is 17.5 Å². The SMILES string of the molecule is CN(C)c1ccc(C2C(C(=O)c3cccs3)=C(O)C(=O)N2c2nc3ccc(F)cc3[nH]2)cc1. The van der Waals surface area contributed by atoms with Gasteiger partial charge >= 0.3 is 0 Å². The normalized spacial score (nSPS) is 16.2. The number of hydrogen-bond acceptors (Lipinski definition) is 6. The zero-order valence-corrected chi connectivity index (χ0v) is 18.6. The van der Waals surface area contributed by atoms with Crippen LogP contribution < -0.4 is 9.80 Å². The van der Waals surface area contributed by atoms with Crippen molar-refractivity contribution in [3.05, 3.63) is 87.6 Å². The van der Waals surface area contributed by atoms with E-state index in [0.29, 0.717) is 21.5 Å². The Morgan fingerprint density at radius 3 is 2.61 bits per heavy atom. The van der Waals surface area contributed by atoms with Gasteiger partial charge in [0.15, 0.2) is 5.76 Å². The predicted octanol–water partition coefficient (Wildman–Crippen LogP) is 4.61. The van der Waals surface area contributed by atoms with Crippen LogP contribution in [0, 0.1) is 5.82 Å². The summed E-state index contributed by atoms with van der Waals surface area (Å²) in [7, 11) is 3.82. The smallest absolute Gasteiger partial charge is 0.296 e. The quantitative estimate of drug-likeness (QED) is 0.423. The van der Waals surface area contributed by atoms with Crippen LogP contribution in [0.2, 0.25) is 0 Å². The van der Waals surface area contributed by atoms with Crippen molar-refractivity contribution in [3.8, 4) is 0 Å². The largest absolute Gasteiger partial charge is 0.503 e. The second-order valence-electron chi connectivity index (χ2n) is 7.85.